The molecule has 0 fully saturated rings. The van der Waals surface area contributed by atoms with E-state index in [9.17, 15) is 4.79 Å². The minimum Gasteiger partial charge on any atom is -0.495 e. The molecule has 1 amide bonds. The number of thioether (sulfide) groups is 1. The lowest BCUT2D eigenvalue weighted by Crippen LogP contribution is -2.14. The van der Waals surface area contributed by atoms with E-state index in [-0.39, 0.29) is 11.7 Å². The summed E-state index contributed by atoms with van der Waals surface area (Å²) < 4.78 is 6.96. The molecule has 0 aliphatic rings. The first-order valence-electron chi connectivity index (χ1n) is 8.76. The molecule has 0 bridgehead atoms. The summed E-state index contributed by atoms with van der Waals surface area (Å²) >= 11 is 13.3. The van der Waals surface area contributed by atoms with Crippen LogP contribution in [-0.4, -0.2) is 38.5 Å². The maximum atomic E-state index is 12.5. The molecule has 2 aromatic heterocycles. The predicted octanol–water partition coefficient (Wildman–Crippen LogP) is 4.86. The fourth-order valence-electron chi connectivity index (χ4n) is 2.81. The van der Waals surface area contributed by atoms with Crippen LogP contribution in [0.15, 0.2) is 60.0 Å². The molecule has 10 heteroatoms. The van der Waals surface area contributed by atoms with Crippen molar-refractivity contribution in [2.45, 2.75) is 5.03 Å². The minimum atomic E-state index is -0.211. The number of fused-ring (bicyclic) bond motifs is 1. The molecule has 0 aliphatic heterocycles. The van der Waals surface area contributed by atoms with E-state index in [1.54, 1.807) is 41.2 Å². The summed E-state index contributed by atoms with van der Waals surface area (Å²) in [6.07, 6.45) is 3.14. The Kier molecular flexibility index (Phi) is 6.08. The van der Waals surface area contributed by atoms with Crippen molar-refractivity contribution in [1.82, 2.24) is 19.7 Å². The van der Waals surface area contributed by atoms with Gasteiger partial charge in [-0.1, -0.05) is 35.0 Å². The van der Waals surface area contributed by atoms with E-state index in [0.717, 1.165) is 11.1 Å². The zero-order valence-corrected chi connectivity index (χ0v) is 18.0. The van der Waals surface area contributed by atoms with Gasteiger partial charge in [0.25, 0.3) is 0 Å². The van der Waals surface area contributed by atoms with Crippen molar-refractivity contribution >= 4 is 57.6 Å². The third kappa shape index (κ3) is 4.35. The van der Waals surface area contributed by atoms with E-state index in [0.29, 0.717) is 32.2 Å². The number of carbonyl (C=O) groups is 1. The van der Waals surface area contributed by atoms with E-state index in [1.165, 1.54) is 25.2 Å². The van der Waals surface area contributed by atoms with Crippen molar-refractivity contribution in [3.8, 4) is 11.4 Å². The van der Waals surface area contributed by atoms with Gasteiger partial charge in [0.15, 0.2) is 5.65 Å². The smallest absolute Gasteiger partial charge is 0.234 e. The number of hydrogen-bond acceptors (Lipinski definition) is 6. The molecule has 0 saturated carbocycles. The van der Waals surface area contributed by atoms with Gasteiger partial charge in [0.1, 0.15) is 17.1 Å². The Morgan fingerprint density at radius 1 is 1.13 bits per heavy atom. The molecule has 0 saturated heterocycles. The van der Waals surface area contributed by atoms with Gasteiger partial charge in [0, 0.05) is 10.0 Å². The Morgan fingerprint density at radius 3 is 2.67 bits per heavy atom. The van der Waals surface area contributed by atoms with Crippen LogP contribution in [0.1, 0.15) is 0 Å². The number of rotatable bonds is 6. The molecule has 4 rings (SSSR count). The number of nitrogens with one attached hydrogen (secondary N) is 1. The Bertz CT molecular complexity index is 1210. The van der Waals surface area contributed by atoms with Crippen LogP contribution in [0.25, 0.3) is 16.7 Å². The number of amides is 1. The molecule has 0 atom stereocenters. The molecule has 0 aliphatic carbocycles. The lowest BCUT2D eigenvalue weighted by molar-refractivity contribution is -0.113. The number of anilines is 1. The average molecular weight is 460 g/mol. The predicted molar refractivity (Wildman–Crippen MR) is 119 cm³/mol. The molecule has 0 radical (unpaired) electrons. The summed E-state index contributed by atoms with van der Waals surface area (Å²) in [6.45, 7) is 0. The molecule has 0 spiro atoms. The second kappa shape index (κ2) is 8.91. The van der Waals surface area contributed by atoms with E-state index >= 15 is 0 Å². The molecule has 4 aromatic rings. The van der Waals surface area contributed by atoms with E-state index in [2.05, 4.69) is 20.4 Å². The molecule has 7 nitrogen and oxygen atoms in total. The van der Waals surface area contributed by atoms with Crippen molar-refractivity contribution in [1.29, 1.82) is 0 Å². The molecule has 152 valence electrons. The number of aromatic nitrogens is 4. The Hall–Kier alpha value is -2.81. The summed E-state index contributed by atoms with van der Waals surface area (Å²) in [4.78, 5) is 21.1. The van der Waals surface area contributed by atoms with Gasteiger partial charge in [-0.15, -0.1) is 0 Å². The largest absolute Gasteiger partial charge is 0.495 e. The van der Waals surface area contributed by atoms with Crippen molar-refractivity contribution < 1.29 is 9.53 Å². The molecule has 2 aromatic carbocycles. The monoisotopic (exact) mass is 459 g/mol. The lowest BCUT2D eigenvalue weighted by Gasteiger charge is -2.10. The number of ether oxygens (including phenoxy) is 1. The zero-order chi connectivity index (χ0) is 21.1. The quantitative estimate of drug-likeness (QED) is 0.327. The number of nitrogens with zero attached hydrogens (tertiary/aromatic N) is 4. The van der Waals surface area contributed by atoms with Crippen LogP contribution < -0.4 is 10.1 Å². The van der Waals surface area contributed by atoms with Crippen molar-refractivity contribution in [2.75, 3.05) is 18.2 Å². The Morgan fingerprint density at radius 2 is 1.90 bits per heavy atom. The van der Waals surface area contributed by atoms with Gasteiger partial charge in [-0.2, -0.15) is 5.10 Å². The molecule has 2 heterocycles. The highest BCUT2D eigenvalue weighted by Gasteiger charge is 2.14. The number of halogens is 2. The van der Waals surface area contributed by atoms with E-state index in [1.807, 2.05) is 12.1 Å². The topological polar surface area (TPSA) is 81.9 Å². The first-order chi connectivity index (χ1) is 14.5. The summed E-state index contributed by atoms with van der Waals surface area (Å²) in [7, 11) is 1.53. The molecule has 0 unspecified atom stereocenters. The first-order valence-corrected chi connectivity index (χ1v) is 10.5. The molecular formula is C20H15Cl2N5O2S. The van der Waals surface area contributed by atoms with Crippen LogP contribution in [0, 0.1) is 0 Å². The zero-order valence-electron chi connectivity index (χ0n) is 15.7. The highest BCUT2D eigenvalue weighted by molar-refractivity contribution is 8.00. The molecular weight excluding hydrogens is 445 g/mol. The third-order valence-electron chi connectivity index (χ3n) is 4.18. The van der Waals surface area contributed by atoms with Crippen molar-refractivity contribution in [3.05, 3.63) is 65.0 Å². The Labute approximate surface area is 186 Å². The number of carbonyl (C=O) groups excluding carboxylic acids is 1. The van der Waals surface area contributed by atoms with Crippen molar-refractivity contribution in [2.24, 2.45) is 0 Å². The van der Waals surface area contributed by atoms with Crippen LogP contribution in [0.3, 0.4) is 0 Å². The third-order valence-corrected chi connectivity index (χ3v) is 5.67. The van der Waals surface area contributed by atoms with Gasteiger partial charge in [0.05, 0.1) is 35.8 Å². The summed E-state index contributed by atoms with van der Waals surface area (Å²) in [5.74, 6) is 0.470. The maximum absolute atomic E-state index is 12.5. The van der Waals surface area contributed by atoms with Gasteiger partial charge >= 0.3 is 0 Å². The fraction of sp³-hybridized carbons (Fsp3) is 0.100. The first kappa shape index (κ1) is 20.5. The summed E-state index contributed by atoms with van der Waals surface area (Å²) in [6, 6.07) is 12.3. The minimum absolute atomic E-state index is 0.147. The van der Waals surface area contributed by atoms with Crippen LogP contribution in [0.4, 0.5) is 5.69 Å². The SMILES string of the molecule is COc1ccc(Cl)cc1NC(=O)CSc1ncnc2c1cnn2-c1ccc(Cl)cc1. The number of methoxy groups -OCH3 is 1. The number of hydrogen-bond donors (Lipinski definition) is 1. The van der Waals surface area contributed by atoms with Crippen molar-refractivity contribution in [3.63, 3.8) is 0 Å². The van der Waals surface area contributed by atoms with Crippen LogP contribution in [0.2, 0.25) is 10.0 Å². The second-order valence-electron chi connectivity index (χ2n) is 6.13. The highest BCUT2D eigenvalue weighted by Crippen LogP contribution is 2.29. The van der Waals surface area contributed by atoms with Gasteiger partial charge in [-0.25, -0.2) is 14.6 Å². The van der Waals surface area contributed by atoms with Gasteiger partial charge < -0.3 is 10.1 Å². The summed E-state index contributed by atoms with van der Waals surface area (Å²) in [5, 5.41) is 9.78. The standard InChI is InChI=1S/C20H15Cl2N5O2S/c1-29-17-7-4-13(22)8-16(17)26-18(28)10-30-20-15-9-25-27(19(15)23-11-24-20)14-5-2-12(21)3-6-14/h2-9,11H,10H2,1H3,(H,26,28). The van der Waals surface area contributed by atoms with Gasteiger partial charge in [-0.3, -0.25) is 4.79 Å². The van der Waals surface area contributed by atoms with Gasteiger partial charge in [-0.05, 0) is 42.5 Å². The summed E-state index contributed by atoms with van der Waals surface area (Å²) in [5.41, 5.74) is 1.99. The van der Waals surface area contributed by atoms with E-state index < -0.39 is 0 Å². The van der Waals surface area contributed by atoms with Crippen LogP contribution in [-0.2, 0) is 4.79 Å². The molecule has 1 N–H and O–H groups in total. The Balaban J connectivity index is 1.51. The second-order valence-corrected chi connectivity index (χ2v) is 7.97. The van der Waals surface area contributed by atoms with Crippen LogP contribution in [0.5, 0.6) is 5.75 Å². The molecule has 30 heavy (non-hydrogen) atoms. The van der Waals surface area contributed by atoms with Gasteiger partial charge in [0.2, 0.25) is 5.91 Å². The number of benzene rings is 2. The highest BCUT2D eigenvalue weighted by atomic mass is 35.5. The maximum Gasteiger partial charge on any atom is 0.234 e. The normalized spacial score (nSPS) is 10.9. The average Bonchev–Trinajstić information content (AvgIpc) is 3.18. The van der Waals surface area contributed by atoms with Crippen LogP contribution >= 0.6 is 35.0 Å². The fourth-order valence-corrected chi connectivity index (χ4v) is 3.87. The van der Waals surface area contributed by atoms with E-state index in [4.69, 9.17) is 27.9 Å². The lowest BCUT2D eigenvalue weighted by atomic mass is 10.3.